The average Bonchev–Trinajstić information content (AvgIpc) is 2.46. The van der Waals surface area contributed by atoms with Crippen molar-refractivity contribution >= 4 is 5.91 Å². The Balaban J connectivity index is 2.21. The summed E-state index contributed by atoms with van der Waals surface area (Å²) in [6.07, 6.45) is 1.07. The van der Waals surface area contributed by atoms with Crippen LogP contribution in [0.2, 0.25) is 0 Å². The van der Waals surface area contributed by atoms with E-state index in [1.807, 2.05) is 30.3 Å². The molecule has 0 fully saturated rings. The molecule has 2 rings (SSSR count). The number of primary amides is 1. The van der Waals surface area contributed by atoms with Crippen molar-refractivity contribution < 1.29 is 9.18 Å². The number of carbonyl (C=O) groups excluding carboxylic acids is 1. The lowest BCUT2D eigenvalue weighted by atomic mass is 9.95. The van der Waals surface area contributed by atoms with Crippen molar-refractivity contribution in [3.8, 4) is 0 Å². The normalized spacial score (nSPS) is 13.7. The molecule has 5 heteroatoms. The summed E-state index contributed by atoms with van der Waals surface area (Å²) >= 11 is 0. The molecule has 0 aliphatic carbocycles. The fraction of sp³-hybridized carbons (Fsp3) is 0.200. The summed E-state index contributed by atoms with van der Waals surface area (Å²) in [6, 6.07) is 12.3. The van der Waals surface area contributed by atoms with Crippen LogP contribution in [0.5, 0.6) is 0 Å². The molecular weight excluding hydrogens is 257 g/mol. The molecule has 2 aromatic rings. The number of aromatic nitrogens is 1. The molecule has 104 valence electrons. The van der Waals surface area contributed by atoms with Gasteiger partial charge in [0.2, 0.25) is 5.91 Å². The Morgan fingerprint density at radius 3 is 2.55 bits per heavy atom. The summed E-state index contributed by atoms with van der Waals surface area (Å²) in [5, 5.41) is 3.09. The molecule has 1 aromatic carbocycles. The van der Waals surface area contributed by atoms with E-state index < -0.39 is 17.3 Å². The summed E-state index contributed by atoms with van der Waals surface area (Å²) in [6.45, 7) is 2.10. The van der Waals surface area contributed by atoms with E-state index in [1.165, 1.54) is 12.1 Å². The first kappa shape index (κ1) is 14.1. The monoisotopic (exact) mass is 273 g/mol. The number of rotatable bonds is 5. The van der Waals surface area contributed by atoms with Crippen LogP contribution < -0.4 is 11.1 Å². The zero-order chi connectivity index (χ0) is 14.6. The van der Waals surface area contributed by atoms with Gasteiger partial charge in [0.15, 0.2) is 0 Å². The lowest BCUT2D eigenvalue weighted by Gasteiger charge is -2.27. The Bertz CT molecular complexity index is 586. The molecule has 1 heterocycles. The molecule has 0 aliphatic rings. The van der Waals surface area contributed by atoms with Gasteiger partial charge in [0, 0.05) is 6.54 Å². The predicted octanol–water partition coefficient (Wildman–Crippen LogP) is 1.71. The molecular formula is C15H16FN3O. The first-order chi connectivity index (χ1) is 9.52. The maximum atomic E-state index is 12.9. The van der Waals surface area contributed by atoms with Gasteiger partial charge in [0.25, 0.3) is 0 Å². The van der Waals surface area contributed by atoms with Crippen molar-refractivity contribution in [2.45, 2.75) is 19.0 Å². The topological polar surface area (TPSA) is 68.0 Å². The quantitative estimate of drug-likeness (QED) is 0.871. The van der Waals surface area contributed by atoms with Crippen molar-refractivity contribution in [2.24, 2.45) is 5.73 Å². The SMILES string of the molecule is CC(NCc1ccccc1)(C(N)=O)c1ccc(F)cn1. The maximum absolute atomic E-state index is 12.9. The molecule has 0 radical (unpaired) electrons. The second-order valence-corrected chi connectivity index (χ2v) is 4.69. The molecule has 1 amide bonds. The zero-order valence-corrected chi connectivity index (χ0v) is 11.1. The van der Waals surface area contributed by atoms with Gasteiger partial charge in [-0.15, -0.1) is 0 Å². The van der Waals surface area contributed by atoms with Gasteiger partial charge < -0.3 is 5.73 Å². The van der Waals surface area contributed by atoms with Crippen molar-refractivity contribution in [2.75, 3.05) is 0 Å². The Morgan fingerprint density at radius 1 is 1.30 bits per heavy atom. The Labute approximate surface area is 116 Å². The van der Waals surface area contributed by atoms with E-state index in [-0.39, 0.29) is 0 Å². The van der Waals surface area contributed by atoms with Gasteiger partial charge in [-0.05, 0) is 24.6 Å². The van der Waals surface area contributed by atoms with Crippen LogP contribution >= 0.6 is 0 Å². The molecule has 3 N–H and O–H groups in total. The number of hydrogen-bond donors (Lipinski definition) is 2. The molecule has 1 aromatic heterocycles. The maximum Gasteiger partial charge on any atom is 0.243 e. The Hall–Kier alpha value is -2.27. The van der Waals surface area contributed by atoms with Gasteiger partial charge in [-0.3, -0.25) is 15.1 Å². The molecule has 0 bridgehead atoms. The van der Waals surface area contributed by atoms with E-state index in [2.05, 4.69) is 10.3 Å². The summed E-state index contributed by atoms with van der Waals surface area (Å²) in [5.41, 5.74) is 5.73. The van der Waals surface area contributed by atoms with Gasteiger partial charge >= 0.3 is 0 Å². The molecule has 4 nitrogen and oxygen atoms in total. The van der Waals surface area contributed by atoms with Crippen molar-refractivity contribution in [1.82, 2.24) is 10.3 Å². The summed E-state index contributed by atoms with van der Waals surface area (Å²) < 4.78 is 12.9. The van der Waals surface area contributed by atoms with Crippen LogP contribution in [0, 0.1) is 5.82 Å². The van der Waals surface area contributed by atoms with Crippen LogP contribution in [-0.2, 0) is 16.9 Å². The van der Waals surface area contributed by atoms with Crippen LogP contribution in [0.25, 0.3) is 0 Å². The molecule has 0 aliphatic heterocycles. The average molecular weight is 273 g/mol. The zero-order valence-electron chi connectivity index (χ0n) is 11.1. The molecule has 1 atom stereocenters. The van der Waals surface area contributed by atoms with E-state index >= 15 is 0 Å². The highest BCUT2D eigenvalue weighted by Crippen LogP contribution is 2.19. The Morgan fingerprint density at radius 2 is 2.00 bits per heavy atom. The number of halogens is 1. The first-order valence-corrected chi connectivity index (χ1v) is 6.23. The van der Waals surface area contributed by atoms with Gasteiger partial charge in [-0.25, -0.2) is 4.39 Å². The van der Waals surface area contributed by atoms with Gasteiger partial charge in [-0.2, -0.15) is 0 Å². The molecule has 20 heavy (non-hydrogen) atoms. The molecule has 0 saturated heterocycles. The highest BCUT2D eigenvalue weighted by molar-refractivity contribution is 5.85. The highest BCUT2D eigenvalue weighted by atomic mass is 19.1. The summed E-state index contributed by atoms with van der Waals surface area (Å²) in [7, 11) is 0. The summed E-state index contributed by atoms with van der Waals surface area (Å²) in [5.74, 6) is -1.02. The third kappa shape index (κ3) is 3.00. The lowest BCUT2D eigenvalue weighted by Crippen LogP contribution is -2.50. The van der Waals surface area contributed by atoms with Crippen LogP contribution in [0.15, 0.2) is 48.7 Å². The number of nitrogens with zero attached hydrogens (tertiary/aromatic N) is 1. The number of nitrogens with two attached hydrogens (primary N) is 1. The number of amides is 1. The number of carbonyl (C=O) groups is 1. The van der Waals surface area contributed by atoms with E-state index in [1.54, 1.807) is 6.92 Å². The molecule has 0 spiro atoms. The van der Waals surface area contributed by atoms with Crippen molar-refractivity contribution in [3.05, 3.63) is 65.7 Å². The minimum absolute atomic E-state index is 0.391. The summed E-state index contributed by atoms with van der Waals surface area (Å²) in [4.78, 5) is 15.7. The van der Waals surface area contributed by atoms with Gasteiger partial charge in [0.1, 0.15) is 11.4 Å². The predicted molar refractivity (Wildman–Crippen MR) is 74.0 cm³/mol. The minimum atomic E-state index is -1.15. The van der Waals surface area contributed by atoms with E-state index in [4.69, 9.17) is 5.73 Å². The highest BCUT2D eigenvalue weighted by Gasteiger charge is 2.34. The van der Waals surface area contributed by atoms with Crippen LogP contribution in [0.3, 0.4) is 0 Å². The smallest absolute Gasteiger partial charge is 0.243 e. The Kier molecular flexibility index (Phi) is 4.10. The number of benzene rings is 1. The van der Waals surface area contributed by atoms with Gasteiger partial charge in [-0.1, -0.05) is 30.3 Å². The van der Waals surface area contributed by atoms with Crippen molar-refractivity contribution in [3.63, 3.8) is 0 Å². The fourth-order valence-electron chi connectivity index (χ4n) is 1.85. The molecule has 0 saturated carbocycles. The van der Waals surface area contributed by atoms with E-state index in [0.717, 1.165) is 11.8 Å². The second kappa shape index (κ2) is 5.79. The second-order valence-electron chi connectivity index (χ2n) is 4.69. The first-order valence-electron chi connectivity index (χ1n) is 6.23. The number of hydrogen-bond acceptors (Lipinski definition) is 3. The van der Waals surface area contributed by atoms with Crippen molar-refractivity contribution in [1.29, 1.82) is 0 Å². The van der Waals surface area contributed by atoms with E-state index in [9.17, 15) is 9.18 Å². The number of nitrogens with one attached hydrogen (secondary N) is 1. The third-order valence-electron chi connectivity index (χ3n) is 3.22. The standard InChI is InChI=1S/C15H16FN3O/c1-15(14(17)20,13-8-7-12(16)10-18-13)19-9-11-5-3-2-4-6-11/h2-8,10,19H,9H2,1H3,(H2,17,20). The van der Waals surface area contributed by atoms with E-state index in [0.29, 0.717) is 12.2 Å². The lowest BCUT2D eigenvalue weighted by molar-refractivity contribution is -0.124. The fourth-order valence-corrected chi connectivity index (χ4v) is 1.85. The molecule has 1 unspecified atom stereocenters. The van der Waals surface area contributed by atoms with Crippen LogP contribution in [-0.4, -0.2) is 10.9 Å². The van der Waals surface area contributed by atoms with Crippen LogP contribution in [0.1, 0.15) is 18.2 Å². The van der Waals surface area contributed by atoms with Crippen LogP contribution in [0.4, 0.5) is 4.39 Å². The largest absolute Gasteiger partial charge is 0.368 e. The minimum Gasteiger partial charge on any atom is -0.368 e. The number of pyridine rings is 1. The third-order valence-corrected chi connectivity index (χ3v) is 3.22. The van der Waals surface area contributed by atoms with Gasteiger partial charge in [0.05, 0.1) is 11.9 Å².